The zero-order chi connectivity index (χ0) is 13.5. The van der Waals surface area contributed by atoms with Crippen LogP contribution in [0.3, 0.4) is 0 Å². The molecule has 1 fully saturated rings. The van der Waals surface area contributed by atoms with E-state index in [1.807, 2.05) is 18.2 Å². The van der Waals surface area contributed by atoms with Gasteiger partial charge in [0.05, 0.1) is 5.56 Å². The summed E-state index contributed by atoms with van der Waals surface area (Å²) in [5, 5.41) is 0. The number of carbonyl (C=O) groups excluding carboxylic acids is 1. The molecule has 0 radical (unpaired) electrons. The lowest BCUT2D eigenvalue weighted by Gasteiger charge is -2.35. The van der Waals surface area contributed by atoms with Crippen molar-refractivity contribution in [2.24, 2.45) is 0 Å². The molecule has 1 saturated heterocycles. The van der Waals surface area contributed by atoms with Gasteiger partial charge in [0.25, 0.3) is 0 Å². The van der Waals surface area contributed by atoms with Gasteiger partial charge in [-0.25, -0.2) is 0 Å². The van der Waals surface area contributed by atoms with Gasteiger partial charge in [-0.2, -0.15) is 0 Å². The largest absolute Gasteiger partial charge is 0.492 e. The van der Waals surface area contributed by atoms with Crippen molar-refractivity contribution in [2.75, 3.05) is 19.7 Å². The quantitative estimate of drug-likeness (QED) is 0.737. The van der Waals surface area contributed by atoms with Crippen molar-refractivity contribution in [1.82, 2.24) is 4.90 Å². The normalized spacial score (nSPS) is 20.2. The summed E-state index contributed by atoms with van der Waals surface area (Å²) in [6, 6.07) is 8.11. The average molecular weight is 261 g/mol. The number of nitrogens with zero attached hydrogens (tertiary/aromatic N) is 1. The Labute approximate surface area is 115 Å². The molecule has 0 aromatic heterocycles. The second-order valence-corrected chi connectivity index (χ2v) is 5.10. The Morgan fingerprint density at radius 2 is 2.21 bits per heavy atom. The van der Waals surface area contributed by atoms with E-state index in [9.17, 15) is 4.79 Å². The zero-order valence-electron chi connectivity index (χ0n) is 11.7. The highest BCUT2D eigenvalue weighted by Gasteiger charge is 2.20. The molecule has 0 unspecified atom stereocenters. The molecule has 1 aromatic rings. The number of para-hydroxylation sites is 1. The first kappa shape index (κ1) is 14.1. The van der Waals surface area contributed by atoms with Crippen LogP contribution in [0.5, 0.6) is 5.75 Å². The molecule has 0 aliphatic carbocycles. The Balaban J connectivity index is 1.83. The van der Waals surface area contributed by atoms with Crippen molar-refractivity contribution in [3.63, 3.8) is 0 Å². The van der Waals surface area contributed by atoms with E-state index < -0.39 is 0 Å². The van der Waals surface area contributed by atoms with Gasteiger partial charge in [-0.3, -0.25) is 9.69 Å². The van der Waals surface area contributed by atoms with Crippen LogP contribution in [0, 0.1) is 0 Å². The maximum atomic E-state index is 10.9. The minimum absolute atomic E-state index is 0.633. The molecule has 1 atom stereocenters. The Bertz CT molecular complexity index is 405. The molecule has 104 valence electrons. The average Bonchev–Trinajstić information content (AvgIpc) is 2.48. The van der Waals surface area contributed by atoms with Crippen LogP contribution in [-0.2, 0) is 0 Å². The van der Waals surface area contributed by atoms with Gasteiger partial charge in [-0.05, 0) is 37.9 Å². The molecular weight excluding hydrogens is 238 g/mol. The third kappa shape index (κ3) is 3.80. The summed E-state index contributed by atoms with van der Waals surface area (Å²) in [4.78, 5) is 13.4. The number of aldehydes is 1. The highest BCUT2D eigenvalue weighted by molar-refractivity contribution is 5.79. The van der Waals surface area contributed by atoms with Crippen LogP contribution in [0.25, 0.3) is 0 Å². The Morgan fingerprint density at radius 3 is 3.00 bits per heavy atom. The molecule has 1 aromatic carbocycles. The molecular formula is C16H23NO2. The summed E-state index contributed by atoms with van der Waals surface area (Å²) < 4.78 is 5.75. The molecule has 2 rings (SSSR count). The third-order valence-electron chi connectivity index (χ3n) is 3.90. The van der Waals surface area contributed by atoms with Gasteiger partial charge in [0.15, 0.2) is 6.29 Å². The number of ether oxygens (including phenoxy) is 1. The number of carbonyl (C=O) groups is 1. The summed E-state index contributed by atoms with van der Waals surface area (Å²) >= 11 is 0. The van der Waals surface area contributed by atoms with Crippen molar-refractivity contribution >= 4 is 6.29 Å². The smallest absolute Gasteiger partial charge is 0.153 e. The third-order valence-corrected chi connectivity index (χ3v) is 3.90. The maximum absolute atomic E-state index is 10.9. The van der Waals surface area contributed by atoms with Gasteiger partial charge in [0, 0.05) is 12.6 Å². The SMILES string of the molecule is CC[C@H]1CCCCN1CCOc1ccccc1C=O. The van der Waals surface area contributed by atoms with Crippen molar-refractivity contribution in [3.8, 4) is 5.75 Å². The van der Waals surface area contributed by atoms with E-state index in [1.165, 1.54) is 32.2 Å². The van der Waals surface area contributed by atoms with Crippen molar-refractivity contribution in [3.05, 3.63) is 29.8 Å². The lowest BCUT2D eigenvalue weighted by atomic mass is 10.0. The van der Waals surface area contributed by atoms with Gasteiger partial charge in [0.2, 0.25) is 0 Å². The number of likely N-dealkylation sites (tertiary alicyclic amines) is 1. The van der Waals surface area contributed by atoms with Crippen LogP contribution in [-0.4, -0.2) is 36.9 Å². The molecule has 3 nitrogen and oxygen atoms in total. The van der Waals surface area contributed by atoms with Gasteiger partial charge in [-0.1, -0.05) is 25.5 Å². The topological polar surface area (TPSA) is 29.5 Å². The van der Waals surface area contributed by atoms with Crippen molar-refractivity contribution in [2.45, 2.75) is 38.6 Å². The van der Waals surface area contributed by atoms with Crippen LogP contribution in [0.15, 0.2) is 24.3 Å². The Hall–Kier alpha value is -1.35. The monoisotopic (exact) mass is 261 g/mol. The number of benzene rings is 1. The maximum Gasteiger partial charge on any atom is 0.153 e. The van der Waals surface area contributed by atoms with Crippen LogP contribution >= 0.6 is 0 Å². The lowest BCUT2D eigenvalue weighted by molar-refractivity contribution is 0.110. The number of piperidine rings is 1. The highest BCUT2D eigenvalue weighted by Crippen LogP contribution is 2.20. The molecule has 1 aliphatic rings. The number of hydrogen-bond acceptors (Lipinski definition) is 3. The fraction of sp³-hybridized carbons (Fsp3) is 0.562. The second-order valence-electron chi connectivity index (χ2n) is 5.10. The minimum atomic E-state index is 0.633. The fourth-order valence-electron chi connectivity index (χ4n) is 2.80. The molecule has 19 heavy (non-hydrogen) atoms. The molecule has 0 amide bonds. The zero-order valence-corrected chi connectivity index (χ0v) is 11.7. The minimum Gasteiger partial charge on any atom is -0.492 e. The molecule has 0 N–H and O–H groups in total. The van der Waals surface area contributed by atoms with Gasteiger partial charge in [-0.15, -0.1) is 0 Å². The van der Waals surface area contributed by atoms with Crippen LogP contribution in [0.1, 0.15) is 43.0 Å². The van der Waals surface area contributed by atoms with Crippen molar-refractivity contribution in [1.29, 1.82) is 0 Å². The van der Waals surface area contributed by atoms with E-state index in [0.29, 0.717) is 24.0 Å². The van der Waals surface area contributed by atoms with E-state index in [2.05, 4.69) is 11.8 Å². The summed E-state index contributed by atoms with van der Waals surface area (Å²) in [5.41, 5.74) is 0.633. The van der Waals surface area contributed by atoms with E-state index in [4.69, 9.17) is 4.74 Å². The fourth-order valence-corrected chi connectivity index (χ4v) is 2.80. The van der Waals surface area contributed by atoms with Gasteiger partial charge < -0.3 is 4.74 Å². The summed E-state index contributed by atoms with van der Waals surface area (Å²) in [7, 11) is 0. The molecule has 0 saturated carbocycles. The standard InChI is InChI=1S/C16H23NO2/c1-2-15-8-5-6-10-17(15)11-12-19-16-9-4-3-7-14(16)13-18/h3-4,7,9,13,15H,2,5-6,8,10-12H2,1H3/t15-/m0/s1. The van der Waals surface area contributed by atoms with E-state index in [0.717, 1.165) is 12.8 Å². The molecule has 3 heteroatoms. The lowest BCUT2D eigenvalue weighted by Crippen LogP contribution is -2.41. The first-order valence-electron chi connectivity index (χ1n) is 7.26. The van der Waals surface area contributed by atoms with E-state index in [-0.39, 0.29) is 0 Å². The highest BCUT2D eigenvalue weighted by atomic mass is 16.5. The molecule has 1 heterocycles. The predicted octanol–water partition coefficient (Wildman–Crippen LogP) is 3.14. The number of hydrogen-bond donors (Lipinski definition) is 0. The van der Waals surface area contributed by atoms with Crippen LogP contribution in [0.4, 0.5) is 0 Å². The Kier molecular flexibility index (Phi) is 5.40. The first-order valence-corrected chi connectivity index (χ1v) is 7.26. The van der Waals surface area contributed by atoms with Crippen LogP contribution in [0.2, 0.25) is 0 Å². The van der Waals surface area contributed by atoms with Gasteiger partial charge >= 0.3 is 0 Å². The molecule has 0 bridgehead atoms. The van der Waals surface area contributed by atoms with E-state index in [1.54, 1.807) is 6.07 Å². The van der Waals surface area contributed by atoms with E-state index >= 15 is 0 Å². The summed E-state index contributed by atoms with van der Waals surface area (Å²) in [6.45, 7) is 5.04. The molecule has 1 aliphatic heterocycles. The molecule has 0 spiro atoms. The second kappa shape index (κ2) is 7.29. The van der Waals surface area contributed by atoms with Crippen molar-refractivity contribution < 1.29 is 9.53 Å². The predicted molar refractivity (Wildman–Crippen MR) is 76.8 cm³/mol. The summed E-state index contributed by atoms with van der Waals surface area (Å²) in [5.74, 6) is 0.697. The first-order chi connectivity index (χ1) is 9.35. The van der Waals surface area contributed by atoms with Gasteiger partial charge in [0.1, 0.15) is 12.4 Å². The Morgan fingerprint density at radius 1 is 1.37 bits per heavy atom. The summed E-state index contributed by atoms with van der Waals surface area (Å²) in [6.07, 6.45) is 6.02. The van der Waals surface area contributed by atoms with Crippen LogP contribution < -0.4 is 4.74 Å². The number of rotatable bonds is 6.